The van der Waals surface area contributed by atoms with Crippen LogP contribution in [0.25, 0.3) is 0 Å². The van der Waals surface area contributed by atoms with Crippen molar-refractivity contribution < 1.29 is 0 Å². The van der Waals surface area contributed by atoms with Crippen molar-refractivity contribution in [2.45, 2.75) is 39.7 Å². The first-order valence-corrected chi connectivity index (χ1v) is 6.45. The molecule has 1 aromatic rings. The van der Waals surface area contributed by atoms with Gasteiger partial charge in [-0.1, -0.05) is 30.7 Å². The topological polar surface area (TPSA) is 12.0 Å². The molecular formula is C15H20ClN. The molecule has 0 spiro atoms. The first kappa shape index (κ1) is 14.1. The number of halogens is 1. The van der Waals surface area contributed by atoms with Crippen LogP contribution in [0.2, 0.25) is 5.02 Å². The van der Waals surface area contributed by atoms with E-state index in [0.29, 0.717) is 6.04 Å². The Morgan fingerprint density at radius 3 is 2.76 bits per heavy atom. The van der Waals surface area contributed by atoms with Gasteiger partial charge in [0.2, 0.25) is 0 Å². The summed E-state index contributed by atoms with van der Waals surface area (Å²) in [5, 5.41) is 4.32. The molecule has 1 aromatic carbocycles. The predicted molar refractivity (Wildman–Crippen MR) is 75.3 cm³/mol. The highest BCUT2D eigenvalue weighted by molar-refractivity contribution is 6.31. The number of rotatable bonds is 5. The maximum Gasteiger partial charge on any atom is 0.0438 e. The molecule has 0 aliphatic carbocycles. The van der Waals surface area contributed by atoms with Gasteiger partial charge in [0.15, 0.2) is 0 Å². The lowest BCUT2D eigenvalue weighted by atomic mass is 10.0. The van der Waals surface area contributed by atoms with Crippen LogP contribution in [0, 0.1) is 18.8 Å². The van der Waals surface area contributed by atoms with Crippen LogP contribution in [0.3, 0.4) is 0 Å². The van der Waals surface area contributed by atoms with E-state index >= 15 is 0 Å². The van der Waals surface area contributed by atoms with Gasteiger partial charge in [-0.3, -0.25) is 0 Å². The van der Waals surface area contributed by atoms with Crippen molar-refractivity contribution in [3.05, 3.63) is 34.3 Å². The molecule has 92 valence electrons. The van der Waals surface area contributed by atoms with E-state index in [-0.39, 0.29) is 0 Å². The van der Waals surface area contributed by atoms with Gasteiger partial charge in [0.05, 0.1) is 0 Å². The lowest BCUT2D eigenvalue weighted by Crippen LogP contribution is -2.20. The second kappa shape index (κ2) is 7.37. The fourth-order valence-electron chi connectivity index (χ4n) is 1.80. The minimum atomic E-state index is 0.346. The Morgan fingerprint density at radius 1 is 1.41 bits per heavy atom. The van der Waals surface area contributed by atoms with Crippen molar-refractivity contribution in [1.82, 2.24) is 5.32 Å². The van der Waals surface area contributed by atoms with Crippen LogP contribution >= 0.6 is 11.6 Å². The van der Waals surface area contributed by atoms with Gasteiger partial charge in [-0.25, -0.2) is 0 Å². The van der Waals surface area contributed by atoms with E-state index in [1.165, 1.54) is 5.56 Å². The van der Waals surface area contributed by atoms with E-state index in [1.54, 1.807) is 0 Å². The van der Waals surface area contributed by atoms with E-state index in [0.717, 1.165) is 30.0 Å². The molecule has 1 atom stereocenters. The van der Waals surface area contributed by atoms with Crippen LogP contribution in [-0.2, 0) is 0 Å². The van der Waals surface area contributed by atoms with Gasteiger partial charge in [-0.15, -0.1) is 11.8 Å². The van der Waals surface area contributed by atoms with Crippen molar-refractivity contribution in [3.63, 3.8) is 0 Å². The SMILES string of the molecule is CC#CCCC(NCC)c1ccc(C)c(Cl)c1. The minimum absolute atomic E-state index is 0.346. The Bertz CT molecular complexity index is 415. The second-order valence-corrected chi connectivity index (χ2v) is 4.49. The Labute approximate surface area is 110 Å². The number of hydrogen-bond donors (Lipinski definition) is 1. The standard InChI is InChI=1S/C15H20ClN/c1-4-6-7-8-15(17-5-2)13-10-9-12(3)14(16)11-13/h9-11,15,17H,5,7-8H2,1-3H3. The number of benzene rings is 1. The molecule has 1 rings (SSSR count). The van der Waals surface area contributed by atoms with E-state index in [2.05, 4.69) is 42.3 Å². The highest BCUT2D eigenvalue weighted by Crippen LogP contribution is 2.24. The third-order valence-corrected chi connectivity index (χ3v) is 3.19. The molecule has 0 aliphatic rings. The zero-order valence-corrected chi connectivity index (χ0v) is 11.6. The summed E-state index contributed by atoms with van der Waals surface area (Å²) >= 11 is 6.16. The smallest absolute Gasteiger partial charge is 0.0438 e. The molecular weight excluding hydrogens is 230 g/mol. The maximum atomic E-state index is 6.16. The summed E-state index contributed by atoms with van der Waals surface area (Å²) in [6.45, 7) is 6.98. The van der Waals surface area contributed by atoms with Crippen LogP contribution in [0.15, 0.2) is 18.2 Å². The number of nitrogens with one attached hydrogen (secondary N) is 1. The van der Waals surface area contributed by atoms with Crippen molar-refractivity contribution in [2.75, 3.05) is 6.54 Å². The molecule has 1 unspecified atom stereocenters. The first-order chi connectivity index (χ1) is 8.19. The van der Waals surface area contributed by atoms with Gasteiger partial charge < -0.3 is 5.32 Å². The van der Waals surface area contributed by atoms with Crippen molar-refractivity contribution >= 4 is 11.6 Å². The summed E-state index contributed by atoms with van der Waals surface area (Å²) in [5.74, 6) is 6.04. The highest BCUT2D eigenvalue weighted by Gasteiger charge is 2.10. The molecule has 0 fully saturated rings. The summed E-state index contributed by atoms with van der Waals surface area (Å²) in [5.41, 5.74) is 2.37. The van der Waals surface area contributed by atoms with Crippen LogP contribution in [0.4, 0.5) is 0 Å². The number of hydrogen-bond acceptors (Lipinski definition) is 1. The van der Waals surface area contributed by atoms with Crippen molar-refractivity contribution in [1.29, 1.82) is 0 Å². The van der Waals surface area contributed by atoms with Gasteiger partial charge in [0.1, 0.15) is 0 Å². The molecule has 0 aromatic heterocycles. The fraction of sp³-hybridized carbons (Fsp3) is 0.467. The molecule has 1 nitrogen and oxygen atoms in total. The minimum Gasteiger partial charge on any atom is -0.310 e. The molecule has 0 amide bonds. The van der Waals surface area contributed by atoms with E-state index in [1.807, 2.05) is 13.8 Å². The van der Waals surface area contributed by atoms with E-state index in [4.69, 9.17) is 11.6 Å². The van der Waals surface area contributed by atoms with Crippen molar-refractivity contribution in [3.8, 4) is 11.8 Å². The molecule has 0 aliphatic heterocycles. The quantitative estimate of drug-likeness (QED) is 0.775. The zero-order chi connectivity index (χ0) is 12.7. The van der Waals surface area contributed by atoms with Crippen LogP contribution < -0.4 is 5.32 Å². The molecule has 0 heterocycles. The van der Waals surface area contributed by atoms with Gasteiger partial charge in [0, 0.05) is 17.5 Å². The second-order valence-electron chi connectivity index (χ2n) is 4.08. The average molecular weight is 250 g/mol. The Hall–Kier alpha value is -0.970. The monoisotopic (exact) mass is 249 g/mol. The zero-order valence-electron chi connectivity index (χ0n) is 10.8. The maximum absolute atomic E-state index is 6.16. The normalized spacial score (nSPS) is 11.8. The molecule has 17 heavy (non-hydrogen) atoms. The summed E-state index contributed by atoms with van der Waals surface area (Å²) < 4.78 is 0. The molecule has 0 radical (unpaired) electrons. The average Bonchev–Trinajstić information content (AvgIpc) is 2.32. The molecule has 1 N–H and O–H groups in total. The highest BCUT2D eigenvalue weighted by atomic mass is 35.5. The van der Waals surface area contributed by atoms with Crippen LogP contribution in [0.5, 0.6) is 0 Å². The van der Waals surface area contributed by atoms with E-state index < -0.39 is 0 Å². The summed E-state index contributed by atoms with van der Waals surface area (Å²) in [4.78, 5) is 0. The van der Waals surface area contributed by atoms with Gasteiger partial charge >= 0.3 is 0 Å². The van der Waals surface area contributed by atoms with Gasteiger partial charge in [-0.05, 0) is 44.0 Å². The van der Waals surface area contributed by atoms with Crippen molar-refractivity contribution in [2.24, 2.45) is 0 Å². The first-order valence-electron chi connectivity index (χ1n) is 6.08. The van der Waals surface area contributed by atoms with Crippen LogP contribution in [0.1, 0.15) is 43.9 Å². The summed E-state index contributed by atoms with van der Waals surface area (Å²) in [7, 11) is 0. The Morgan fingerprint density at radius 2 is 2.18 bits per heavy atom. The number of aryl methyl sites for hydroxylation is 1. The molecule has 0 saturated heterocycles. The molecule has 0 saturated carbocycles. The third-order valence-electron chi connectivity index (χ3n) is 2.78. The Kier molecular flexibility index (Phi) is 6.11. The third kappa shape index (κ3) is 4.42. The van der Waals surface area contributed by atoms with Gasteiger partial charge in [0.25, 0.3) is 0 Å². The summed E-state index contributed by atoms with van der Waals surface area (Å²) in [6, 6.07) is 6.63. The molecule has 0 bridgehead atoms. The van der Waals surface area contributed by atoms with Gasteiger partial charge in [-0.2, -0.15) is 0 Å². The van der Waals surface area contributed by atoms with E-state index in [9.17, 15) is 0 Å². The lowest BCUT2D eigenvalue weighted by Gasteiger charge is -2.18. The molecule has 2 heteroatoms. The largest absolute Gasteiger partial charge is 0.310 e. The lowest BCUT2D eigenvalue weighted by molar-refractivity contribution is 0.522. The fourth-order valence-corrected chi connectivity index (χ4v) is 1.99. The summed E-state index contributed by atoms with van der Waals surface area (Å²) in [6.07, 6.45) is 1.94. The predicted octanol–water partition coefficient (Wildman–Crippen LogP) is 4.10. The van der Waals surface area contributed by atoms with Crippen LogP contribution in [-0.4, -0.2) is 6.54 Å². The Balaban J connectivity index is 2.79.